The summed E-state index contributed by atoms with van der Waals surface area (Å²) in [6.07, 6.45) is 7.74. The standard InChI is InChI=1S/C12H14O4/c1-4-7-16-9(13)6-5-8-10(11(14)15)12(8,2)3/h1,5-6,8,10H,7H2,2-3H3,(H,14,15)/t8-,10-/m0/s1. The maximum Gasteiger partial charge on any atom is 0.331 e. The van der Waals surface area contributed by atoms with Gasteiger partial charge in [0.05, 0.1) is 5.92 Å². The van der Waals surface area contributed by atoms with Crippen molar-refractivity contribution in [1.82, 2.24) is 0 Å². The molecule has 1 fully saturated rings. The molecule has 1 saturated carbocycles. The molecule has 1 N–H and O–H groups in total. The molecule has 0 spiro atoms. The summed E-state index contributed by atoms with van der Waals surface area (Å²) in [5.74, 6) is 0.252. The second kappa shape index (κ2) is 4.40. The number of aliphatic carboxylic acids is 1. The number of terminal acetylenes is 1. The lowest BCUT2D eigenvalue weighted by atomic mass is 10.1. The van der Waals surface area contributed by atoms with Crippen LogP contribution in [0.4, 0.5) is 0 Å². The van der Waals surface area contributed by atoms with Gasteiger partial charge in [-0.15, -0.1) is 6.42 Å². The molecule has 4 heteroatoms. The Morgan fingerprint density at radius 3 is 2.62 bits per heavy atom. The van der Waals surface area contributed by atoms with Crippen LogP contribution in [-0.4, -0.2) is 23.7 Å². The number of carboxylic acid groups (broad SMARTS) is 1. The van der Waals surface area contributed by atoms with Crippen molar-refractivity contribution in [2.75, 3.05) is 6.61 Å². The van der Waals surface area contributed by atoms with Crippen LogP contribution in [0.3, 0.4) is 0 Å². The molecule has 0 saturated heterocycles. The van der Waals surface area contributed by atoms with Crippen molar-refractivity contribution >= 4 is 11.9 Å². The molecule has 0 amide bonds. The van der Waals surface area contributed by atoms with E-state index in [1.54, 1.807) is 6.08 Å². The Labute approximate surface area is 94.3 Å². The molecule has 0 radical (unpaired) electrons. The zero-order chi connectivity index (χ0) is 12.3. The number of allylic oxidation sites excluding steroid dienone is 1. The first-order valence-electron chi connectivity index (χ1n) is 4.92. The average molecular weight is 222 g/mol. The Bertz CT molecular complexity index is 373. The molecule has 4 nitrogen and oxygen atoms in total. The molecule has 1 aliphatic rings. The Hall–Kier alpha value is -1.76. The van der Waals surface area contributed by atoms with Gasteiger partial charge in [-0.3, -0.25) is 4.79 Å². The van der Waals surface area contributed by atoms with E-state index in [2.05, 4.69) is 10.7 Å². The molecule has 0 bridgehead atoms. The van der Waals surface area contributed by atoms with Crippen LogP contribution >= 0.6 is 0 Å². The monoisotopic (exact) mass is 222 g/mol. The van der Waals surface area contributed by atoms with Gasteiger partial charge in [-0.25, -0.2) is 4.79 Å². The Balaban J connectivity index is 2.51. The van der Waals surface area contributed by atoms with Crippen LogP contribution in [0.15, 0.2) is 12.2 Å². The minimum absolute atomic E-state index is 0.0698. The van der Waals surface area contributed by atoms with Gasteiger partial charge in [0.15, 0.2) is 6.61 Å². The van der Waals surface area contributed by atoms with Crippen LogP contribution in [0.1, 0.15) is 13.8 Å². The summed E-state index contributed by atoms with van der Waals surface area (Å²) in [4.78, 5) is 21.9. The SMILES string of the molecule is C#CCOC(=O)C=C[C@H]1[C@@H](C(=O)O)C1(C)C. The number of ether oxygens (including phenoxy) is 1. The van der Waals surface area contributed by atoms with Crippen LogP contribution in [-0.2, 0) is 14.3 Å². The van der Waals surface area contributed by atoms with Gasteiger partial charge >= 0.3 is 11.9 Å². The molecule has 0 heterocycles. The largest absolute Gasteiger partial charge is 0.481 e. The predicted molar refractivity (Wildman–Crippen MR) is 57.3 cm³/mol. The fourth-order valence-corrected chi connectivity index (χ4v) is 1.85. The van der Waals surface area contributed by atoms with Gasteiger partial charge in [0.1, 0.15) is 0 Å². The highest BCUT2D eigenvalue weighted by molar-refractivity contribution is 5.83. The van der Waals surface area contributed by atoms with Crippen molar-refractivity contribution in [3.8, 4) is 12.3 Å². The number of hydrogen-bond acceptors (Lipinski definition) is 3. The smallest absolute Gasteiger partial charge is 0.331 e. The normalized spacial score (nSPS) is 26.1. The van der Waals surface area contributed by atoms with E-state index in [0.717, 1.165) is 0 Å². The second-order valence-corrected chi connectivity index (χ2v) is 4.33. The summed E-state index contributed by atoms with van der Waals surface area (Å²) >= 11 is 0. The lowest BCUT2D eigenvalue weighted by Crippen LogP contribution is -2.03. The molecule has 0 aromatic heterocycles. The summed E-state index contributed by atoms with van der Waals surface area (Å²) < 4.78 is 4.62. The number of esters is 1. The zero-order valence-corrected chi connectivity index (χ0v) is 9.27. The third kappa shape index (κ3) is 2.43. The number of carbonyl (C=O) groups excluding carboxylic acids is 1. The van der Waals surface area contributed by atoms with E-state index in [1.807, 2.05) is 13.8 Å². The first-order chi connectivity index (χ1) is 7.41. The topological polar surface area (TPSA) is 63.6 Å². The number of carboxylic acids is 1. The Kier molecular flexibility index (Phi) is 3.38. The molecule has 2 atom stereocenters. The van der Waals surface area contributed by atoms with Crippen molar-refractivity contribution in [3.05, 3.63) is 12.2 Å². The molecular weight excluding hydrogens is 208 g/mol. The molecular formula is C12H14O4. The minimum atomic E-state index is -0.836. The quantitative estimate of drug-likeness (QED) is 0.439. The van der Waals surface area contributed by atoms with Gasteiger partial charge in [-0.2, -0.15) is 0 Å². The molecule has 1 aliphatic carbocycles. The van der Waals surface area contributed by atoms with Gasteiger partial charge in [0, 0.05) is 6.08 Å². The highest BCUT2D eigenvalue weighted by atomic mass is 16.5. The van der Waals surface area contributed by atoms with E-state index in [-0.39, 0.29) is 17.9 Å². The molecule has 0 aromatic rings. The van der Waals surface area contributed by atoms with Crippen LogP contribution < -0.4 is 0 Å². The van der Waals surface area contributed by atoms with E-state index < -0.39 is 17.9 Å². The maximum atomic E-state index is 11.1. The fourth-order valence-electron chi connectivity index (χ4n) is 1.85. The first kappa shape index (κ1) is 12.3. The summed E-state index contributed by atoms with van der Waals surface area (Å²) in [5.41, 5.74) is -0.297. The lowest BCUT2D eigenvalue weighted by Gasteiger charge is -1.96. The summed E-state index contributed by atoms with van der Waals surface area (Å²) in [6.45, 7) is 3.64. The maximum absolute atomic E-state index is 11.1. The summed E-state index contributed by atoms with van der Waals surface area (Å²) in [7, 11) is 0. The van der Waals surface area contributed by atoms with Crippen molar-refractivity contribution in [2.24, 2.45) is 17.3 Å². The van der Waals surface area contributed by atoms with Crippen molar-refractivity contribution in [3.63, 3.8) is 0 Å². The second-order valence-electron chi connectivity index (χ2n) is 4.33. The van der Waals surface area contributed by atoms with Gasteiger partial charge in [-0.05, 0) is 11.3 Å². The highest BCUT2D eigenvalue weighted by Gasteiger charge is 2.60. The molecule has 86 valence electrons. The van der Waals surface area contributed by atoms with Crippen LogP contribution in [0.2, 0.25) is 0 Å². The van der Waals surface area contributed by atoms with Crippen LogP contribution in [0.25, 0.3) is 0 Å². The van der Waals surface area contributed by atoms with Crippen molar-refractivity contribution < 1.29 is 19.4 Å². The van der Waals surface area contributed by atoms with Gasteiger partial charge in [0.25, 0.3) is 0 Å². The Morgan fingerprint density at radius 2 is 2.19 bits per heavy atom. The van der Waals surface area contributed by atoms with Gasteiger partial charge in [-0.1, -0.05) is 25.8 Å². The summed E-state index contributed by atoms with van der Waals surface area (Å²) in [5, 5.41) is 8.89. The fraction of sp³-hybridized carbons (Fsp3) is 0.500. The summed E-state index contributed by atoms with van der Waals surface area (Å²) in [6, 6.07) is 0. The van der Waals surface area contributed by atoms with E-state index in [0.29, 0.717) is 0 Å². The zero-order valence-electron chi connectivity index (χ0n) is 9.27. The minimum Gasteiger partial charge on any atom is -0.481 e. The molecule has 0 unspecified atom stereocenters. The molecule has 0 aliphatic heterocycles. The average Bonchev–Trinajstić information content (AvgIpc) is 2.74. The number of hydrogen-bond donors (Lipinski definition) is 1. The van der Waals surface area contributed by atoms with Crippen molar-refractivity contribution in [1.29, 1.82) is 0 Å². The predicted octanol–water partition coefficient (Wildman–Crippen LogP) is 1.08. The first-order valence-corrected chi connectivity index (χ1v) is 4.92. The van der Waals surface area contributed by atoms with E-state index in [1.165, 1.54) is 6.08 Å². The highest BCUT2D eigenvalue weighted by Crippen LogP contribution is 2.58. The van der Waals surface area contributed by atoms with E-state index in [4.69, 9.17) is 11.5 Å². The van der Waals surface area contributed by atoms with Gasteiger partial charge < -0.3 is 9.84 Å². The number of carbonyl (C=O) groups is 2. The van der Waals surface area contributed by atoms with Crippen LogP contribution in [0.5, 0.6) is 0 Å². The van der Waals surface area contributed by atoms with Gasteiger partial charge in [0.2, 0.25) is 0 Å². The third-order valence-corrected chi connectivity index (χ3v) is 2.91. The number of rotatable bonds is 4. The molecule has 0 aromatic carbocycles. The third-order valence-electron chi connectivity index (χ3n) is 2.91. The van der Waals surface area contributed by atoms with Crippen molar-refractivity contribution in [2.45, 2.75) is 13.8 Å². The Morgan fingerprint density at radius 1 is 1.56 bits per heavy atom. The molecule has 1 rings (SSSR count). The van der Waals surface area contributed by atoms with E-state index >= 15 is 0 Å². The van der Waals surface area contributed by atoms with Crippen LogP contribution in [0, 0.1) is 29.6 Å². The molecule has 16 heavy (non-hydrogen) atoms. The van der Waals surface area contributed by atoms with E-state index in [9.17, 15) is 9.59 Å². The lowest BCUT2D eigenvalue weighted by molar-refractivity contribution is -0.139.